The number of esters is 3. The molecule has 0 radical (unpaired) electrons. The quantitative estimate of drug-likeness (QED) is 0.0868. The highest BCUT2D eigenvalue weighted by molar-refractivity contribution is 5.70. The summed E-state index contributed by atoms with van der Waals surface area (Å²) < 4.78 is 21.8. The Bertz CT molecular complexity index is 1720. The number of aliphatic hydroxyl groups is 2. The molecule has 0 unspecified atom stereocenters. The van der Waals surface area contributed by atoms with E-state index in [0.717, 1.165) is 7.11 Å². The average Bonchev–Trinajstić information content (AvgIpc) is 3.01. The van der Waals surface area contributed by atoms with Gasteiger partial charge in [0.1, 0.15) is 26.2 Å². The number of hydrogen-bond donors (Lipinski definition) is 2. The van der Waals surface area contributed by atoms with Crippen LogP contribution in [0.1, 0.15) is 12.8 Å². The summed E-state index contributed by atoms with van der Waals surface area (Å²) in [7, 11) is 2.29. The lowest BCUT2D eigenvalue weighted by molar-refractivity contribution is -0.145. The van der Waals surface area contributed by atoms with Crippen LogP contribution in [0, 0.1) is 0 Å². The summed E-state index contributed by atoms with van der Waals surface area (Å²) in [6.45, 7) is -5.96. The van der Waals surface area contributed by atoms with Crippen LogP contribution in [0.15, 0.2) is 28.8 Å². The first kappa shape index (κ1) is 36.3. The topological polar surface area (TPSA) is 261 Å². The van der Waals surface area contributed by atoms with E-state index in [9.17, 15) is 48.3 Å². The van der Waals surface area contributed by atoms with E-state index >= 15 is 0 Å². The van der Waals surface area contributed by atoms with Crippen molar-refractivity contribution in [3.05, 3.63) is 62.9 Å². The Labute approximate surface area is 251 Å². The van der Waals surface area contributed by atoms with E-state index in [1.807, 2.05) is 0 Å². The van der Waals surface area contributed by atoms with E-state index in [1.165, 1.54) is 7.11 Å². The van der Waals surface area contributed by atoms with Crippen molar-refractivity contribution < 1.29 is 43.5 Å². The Kier molecular flexibility index (Phi) is 14.0. The lowest BCUT2D eigenvalue weighted by Gasteiger charge is -2.14. The third-order valence-corrected chi connectivity index (χ3v) is 6.10. The Morgan fingerprint density at radius 1 is 0.511 bits per heavy atom. The summed E-state index contributed by atoms with van der Waals surface area (Å²) in [5.74, 6) is -3.38. The third-order valence-electron chi connectivity index (χ3n) is 6.10. The minimum atomic E-state index is -1.41. The van der Waals surface area contributed by atoms with Crippen molar-refractivity contribution in [2.24, 2.45) is 0 Å². The molecule has 0 atom stereocenters. The number of aliphatic hydroxyl groups excluding tert-OH is 2. The van der Waals surface area contributed by atoms with Crippen LogP contribution in [-0.4, -0.2) is 103 Å². The second-order valence-corrected chi connectivity index (χ2v) is 9.07. The lowest BCUT2D eigenvalue weighted by Crippen LogP contribution is -2.56. The van der Waals surface area contributed by atoms with Gasteiger partial charge in [-0.25, -0.2) is 56.2 Å². The van der Waals surface area contributed by atoms with Gasteiger partial charge in [-0.2, -0.15) is 0 Å². The maximum Gasteiger partial charge on any atom is 0.337 e. The van der Waals surface area contributed by atoms with E-state index in [0.29, 0.717) is 20.1 Å². The highest BCUT2D eigenvalue weighted by Gasteiger charge is 2.22. The fourth-order valence-electron chi connectivity index (χ4n) is 3.82. The van der Waals surface area contributed by atoms with Crippen molar-refractivity contribution in [1.29, 1.82) is 0 Å². The van der Waals surface area contributed by atoms with Gasteiger partial charge < -0.3 is 29.2 Å². The first-order chi connectivity index (χ1) is 21.4. The van der Waals surface area contributed by atoms with Gasteiger partial charge in [-0.3, -0.25) is 14.4 Å². The van der Waals surface area contributed by atoms with Crippen LogP contribution < -0.4 is 34.1 Å². The van der Waals surface area contributed by atoms with Crippen LogP contribution in [-0.2, 0) is 72.6 Å². The summed E-state index contributed by atoms with van der Waals surface area (Å²) in [6, 6.07) is 0. The zero-order chi connectivity index (χ0) is 33.7. The fourth-order valence-corrected chi connectivity index (χ4v) is 3.82. The molecular formula is C24H34N6O15. The molecule has 0 saturated carbocycles. The average molecular weight is 647 g/mol. The van der Waals surface area contributed by atoms with Crippen molar-refractivity contribution >= 4 is 17.9 Å². The molecule has 21 nitrogen and oxygen atoms in total. The number of rotatable bonds is 18. The predicted molar refractivity (Wildman–Crippen MR) is 148 cm³/mol. The van der Waals surface area contributed by atoms with E-state index in [1.54, 1.807) is 0 Å². The van der Waals surface area contributed by atoms with E-state index in [2.05, 4.69) is 4.74 Å². The van der Waals surface area contributed by atoms with Crippen LogP contribution >= 0.6 is 0 Å². The minimum Gasteiger partial charge on any atom is -0.468 e. The molecule has 45 heavy (non-hydrogen) atoms. The van der Waals surface area contributed by atoms with Crippen LogP contribution in [0.4, 0.5) is 0 Å². The predicted octanol–water partition coefficient (Wildman–Crippen LogP) is -5.97. The molecule has 2 heterocycles. The number of carbonyl (C=O) groups excluding carboxylic acids is 3. The highest BCUT2D eigenvalue weighted by atomic mass is 16.5. The zero-order valence-corrected chi connectivity index (χ0v) is 24.6. The van der Waals surface area contributed by atoms with E-state index in [-0.39, 0.29) is 46.5 Å². The van der Waals surface area contributed by atoms with Gasteiger partial charge in [-0.05, 0) is 12.8 Å². The summed E-state index contributed by atoms with van der Waals surface area (Å²) in [6.07, 6.45) is 0.599. The summed E-state index contributed by atoms with van der Waals surface area (Å²) in [5.41, 5.74) is -7.33. The number of ether oxygens (including phenoxy) is 4. The van der Waals surface area contributed by atoms with Crippen LogP contribution in [0.25, 0.3) is 0 Å². The summed E-state index contributed by atoms with van der Waals surface area (Å²) in [5, 5.41) is 18.0. The summed E-state index contributed by atoms with van der Waals surface area (Å²) >= 11 is 0. The van der Waals surface area contributed by atoms with Gasteiger partial charge in [0.25, 0.3) is 0 Å². The van der Waals surface area contributed by atoms with Gasteiger partial charge in [-0.15, -0.1) is 0 Å². The van der Waals surface area contributed by atoms with Gasteiger partial charge >= 0.3 is 52.0 Å². The Morgan fingerprint density at radius 2 is 0.911 bits per heavy atom. The van der Waals surface area contributed by atoms with Crippen molar-refractivity contribution in [3.63, 3.8) is 0 Å². The first-order valence-corrected chi connectivity index (χ1v) is 13.4. The zero-order valence-electron chi connectivity index (χ0n) is 24.6. The van der Waals surface area contributed by atoms with Gasteiger partial charge in [0.15, 0.2) is 0 Å². The maximum atomic E-state index is 13.0. The molecular weight excluding hydrogens is 612 g/mol. The van der Waals surface area contributed by atoms with Crippen LogP contribution in [0.2, 0.25) is 0 Å². The molecule has 2 aromatic heterocycles. The molecule has 0 bridgehead atoms. The highest BCUT2D eigenvalue weighted by Crippen LogP contribution is 1.92. The normalized spacial score (nSPS) is 10.9. The Morgan fingerprint density at radius 3 is 1.33 bits per heavy atom. The number of hydrogen-bond acceptors (Lipinski definition) is 15. The molecule has 2 rings (SSSR count). The lowest BCUT2D eigenvalue weighted by atomic mass is 10.3. The number of carbonyl (C=O) groups is 3. The van der Waals surface area contributed by atoms with Crippen molar-refractivity contribution in [3.8, 4) is 0 Å². The van der Waals surface area contributed by atoms with Gasteiger partial charge in [-0.1, -0.05) is 0 Å². The molecule has 0 spiro atoms. The third kappa shape index (κ3) is 9.30. The monoisotopic (exact) mass is 646 g/mol. The minimum absolute atomic E-state index is 0.0622. The number of methoxy groups -OCH3 is 2. The Hall–Kier alpha value is -4.89. The van der Waals surface area contributed by atoms with Crippen molar-refractivity contribution in [2.75, 3.05) is 47.3 Å². The molecule has 250 valence electrons. The molecule has 0 aliphatic heterocycles. The molecule has 0 aliphatic rings. The molecule has 0 amide bonds. The number of aromatic nitrogens is 6. The van der Waals surface area contributed by atoms with Gasteiger partial charge in [0, 0.05) is 13.7 Å². The largest absolute Gasteiger partial charge is 0.468 e. The SMILES string of the molecule is COCCn1c(=O)n(CCO)c(=O)n(CCOC(=O)Cn2c(=O)n(CC(=O)OC)c(=O)n(CC(=O)OCCCCO)c2=O)c1=O. The molecule has 21 heteroatoms. The molecule has 2 aromatic rings. The van der Waals surface area contributed by atoms with E-state index in [4.69, 9.17) is 19.3 Å². The van der Waals surface area contributed by atoms with Gasteiger partial charge in [0.2, 0.25) is 0 Å². The van der Waals surface area contributed by atoms with Crippen LogP contribution in [0.5, 0.6) is 0 Å². The molecule has 0 aliphatic carbocycles. The maximum absolute atomic E-state index is 13.0. The molecule has 0 saturated heterocycles. The van der Waals surface area contributed by atoms with Crippen LogP contribution in [0.3, 0.4) is 0 Å². The van der Waals surface area contributed by atoms with Gasteiger partial charge in [0.05, 0.1) is 46.6 Å². The standard InChI is InChI=1S/C24H34N6O15/c1-42-11-6-26-19(36)25(5-9-32)20(37)27(21(26)38)7-12-45-18(35)15-30-23(40)28(13-16(33)43-2)22(39)29(24(30)41)14-17(34)44-10-4-3-8-31/h31-32H,3-15H2,1-2H3. The fraction of sp³-hybridized carbons (Fsp3) is 0.625. The number of nitrogens with zero attached hydrogens (tertiary/aromatic N) is 6. The molecule has 0 fully saturated rings. The molecule has 2 N–H and O–H groups in total. The summed E-state index contributed by atoms with van der Waals surface area (Å²) in [4.78, 5) is 113. The van der Waals surface area contributed by atoms with Crippen molar-refractivity contribution in [1.82, 2.24) is 27.4 Å². The van der Waals surface area contributed by atoms with E-state index < -0.39 is 98.0 Å². The second-order valence-electron chi connectivity index (χ2n) is 9.07. The van der Waals surface area contributed by atoms with Crippen molar-refractivity contribution in [2.45, 2.75) is 52.1 Å². The smallest absolute Gasteiger partial charge is 0.337 e. The second kappa shape index (κ2) is 17.4. The number of unbranched alkanes of at least 4 members (excludes halogenated alkanes) is 1. The molecule has 0 aromatic carbocycles. The Balaban J connectivity index is 2.36. The first-order valence-electron chi connectivity index (χ1n) is 13.4.